The van der Waals surface area contributed by atoms with Crippen molar-refractivity contribution >= 4 is 23.0 Å². The number of anilines is 2. The Kier molecular flexibility index (Phi) is 4.92. The molecule has 21 heavy (non-hydrogen) atoms. The summed E-state index contributed by atoms with van der Waals surface area (Å²) in [4.78, 5) is 2.15. The summed E-state index contributed by atoms with van der Waals surface area (Å²) in [5.41, 5.74) is 11.8. The molecular formula is C18H23ClN2. The Hall–Kier alpha value is -1.51. The van der Waals surface area contributed by atoms with Crippen LogP contribution in [0.5, 0.6) is 0 Å². The van der Waals surface area contributed by atoms with E-state index in [4.69, 9.17) is 17.3 Å². The van der Waals surface area contributed by atoms with Gasteiger partial charge in [-0.05, 0) is 62.1 Å². The highest BCUT2D eigenvalue weighted by Gasteiger charge is 2.14. The van der Waals surface area contributed by atoms with Crippen LogP contribution in [0.15, 0.2) is 36.4 Å². The van der Waals surface area contributed by atoms with Crippen LogP contribution in [-0.4, -0.2) is 13.1 Å². The van der Waals surface area contributed by atoms with Crippen LogP contribution in [-0.2, 0) is 6.42 Å². The maximum absolute atomic E-state index is 6.45. The van der Waals surface area contributed by atoms with Gasteiger partial charge >= 0.3 is 0 Å². The molecule has 0 saturated carbocycles. The van der Waals surface area contributed by atoms with Crippen LogP contribution in [0.3, 0.4) is 0 Å². The highest BCUT2D eigenvalue weighted by atomic mass is 35.5. The first-order valence-corrected chi connectivity index (χ1v) is 7.61. The second-order valence-corrected chi connectivity index (χ2v) is 6.24. The molecule has 2 aromatic rings. The Morgan fingerprint density at radius 2 is 1.76 bits per heavy atom. The van der Waals surface area contributed by atoms with Gasteiger partial charge in [0.05, 0.1) is 10.7 Å². The second kappa shape index (κ2) is 6.50. The van der Waals surface area contributed by atoms with Crippen molar-refractivity contribution in [3.63, 3.8) is 0 Å². The molecule has 2 rings (SSSR count). The van der Waals surface area contributed by atoms with E-state index < -0.39 is 0 Å². The first-order valence-electron chi connectivity index (χ1n) is 7.23. The lowest BCUT2D eigenvalue weighted by Crippen LogP contribution is -2.20. The molecule has 1 atom stereocenters. The maximum atomic E-state index is 6.45. The lowest BCUT2D eigenvalue weighted by Gasteiger charge is -2.25. The van der Waals surface area contributed by atoms with Gasteiger partial charge in [0.1, 0.15) is 0 Å². The number of halogens is 1. The van der Waals surface area contributed by atoms with Crippen LogP contribution in [0, 0.1) is 13.8 Å². The largest absolute Gasteiger partial charge is 0.343 e. The predicted octanol–water partition coefficient (Wildman–Crippen LogP) is 4.61. The topological polar surface area (TPSA) is 29.3 Å². The molecule has 0 aliphatic rings. The van der Waals surface area contributed by atoms with Gasteiger partial charge < -0.3 is 10.6 Å². The number of benzene rings is 2. The summed E-state index contributed by atoms with van der Waals surface area (Å²) < 4.78 is 0. The zero-order valence-corrected chi connectivity index (χ0v) is 13.9. The van der Waals surface area contributed by atoms with Gasteiger partial charge in [-0.1, -0.05) is 29.8 Å². The number of nitrogens with zero attached hydrogens (tertiary/aromatic N) is 1. The summed E-state index contributed by atoms with van der Waals surface area (Å²) >= 11 is 6.45. The molecule has 0 aliphatic heterocycles. The van der Waals surface area contributed by atoms with Crippen molar-refractivity contribution in [2.75, 3.05) is 11.9 Å². The summed E-state index contributed by atoms with van der Waals surface area (Å²) in [6.07, 6.45) is 0.811. The Labute approximate surface area is 132 Å². The predicted molar refractivity (Wildman–Crippen MR) is 92.8 cm³/mol. The summed E-state index contributed by atoms with van der Waals surface area (Å²) in [6, 6.07) is 12.6. The van der Waals surface area contributed by atoms with Crippen molar-refractivity contribution in [1.82, 2.24) is 0 Å². The van der Waals surface area contributed by atoms with E-state index in [0.29, 0.717) is 0 Å². The number of rotatable bonds is 4. The molecule has 0 amide bonds. The van der Waals surface area contributed by atoms with Crippen LogP contribution in [0.4, 0.5) is 11.4 Å². The molecule has 112 valence electrons. The van der Waals surface area contributed by atoms with Gasteiger partial charge in [-0.15, -0.1) is 0 Å². The minimum Gasteiger partial charge on any atom is -0.343 e. The fraction of sp³-hybridized carbons (Fsp3) is 0.333. The molecule has 0 aliphatic carbocycles. The maximum Gasteiger partial charge on any atom is 0.0645 e. The van der Waals surface area contributed by atoms with Crippen LogP contribution < -0.4 is 10.6 Å². The van der Waals surface area contributed by atoms with E-state index in [1.807, 2.05) is 19.1 Å². The standard InChI is InChI=1S/C18H23ClN2/c1-12-8-13(2)10-16(9-12)21(4)18-15(11-14(3)20)6-5-7-17(18)19/h5-10,14H,11,20H2,1-4H3. The summed E-state index contributed by atoms with van der Waals surface area (Å²) in [5, 5.41) is 0.759. The minimum atomic E-state index is 0.106. The van der Waals surface area contributed by atoms with Gasteiger partial charge in [0.2, 0.25) is 0 Å². The second-order valence-electron chi connectivity index (χ2n) is 5.83. The van der Waals surface area contributed by atoms with Crippen molar-refractivity contribution in [3.05, 3.63) is 58.1 Å². The monoisotopic (exact) mass is 302 g/mol. The molecule has 0 radical (unpaired) electrons. The molecule has 0 aromatic heterocycles. The molecule has 3 heteroatoms. The van der Waals surface area contributed by atoms with Crippen LogP contribution in [0.1, 0.15) is 23.6 Å². The van der Waals surface area contributed by atoms with E-state index in [1.54, 1.807) is 0 Å². The van der Waals surface area contributed by atoms with Crippen molar-refractivity contribution in [1.29, 1.82) is 0 Å². The molecule has 0 saturated heterocycles. The minimum absolute atomic E-state index is 0.106. The lowest BCUT2D eigenvalue weighted by atomic mass is 10.0. The van der Waals surface area contributed by atoms with E-state index in [2.05, 4.69) is 50.1 Å². The molecule has 0 heterocycles. The quantitative estimate of drug-likeness (QED) is 0.893. The molecule has 2 N–H and O–H groups in total. The van der Waals surface area contributed by atoms with E-state index in [-0.39, 0.29) is 6.04 Å². The van der Waals surface area contributed by atoms with Crippen molar-refractivity contribution in [3.8, 4) is 0 Å². The van der Waals surface area contributed by atoms with Crippen LogP contribution >= 0.6 is 11.6 Å². The zero-order valence-electron chi connectivity index (χ0n) is 13.2. The number of para-hydroxylation sites is 1. The summed E-state index contributed by atoms with van der Waals surface area (Å²) in [6.45, 7) is 6.24. The number of hydrogen-bond acceptors (Lipinski definition) is 2. The SMILES string of the molecule is Cc1cc(C)cc(N(C)c2c(Cl)cccc2CC(C)N)c1. The molecule has 0 spiro atoms. The van der Waals surface area contributed by atoms with Gasteiger partial charge in [0.15, 0.2) is 0 Å². The summed E-state index contributed by atoms with van der Waals surface area (Å²) in [5.74, 6) is 0. The van der Waals surface area contributed by atoms with Crippen molar-refractivity contribution < 1.29 is 0 Å². The molecular weight excluding hydrogens is 280 g/mol. The lowest BCUT2D eigenvalue weighted by molar-refractivity contribution is 0.737. The van der Waals surface area contributed by atoms with Gasteiger partial charge in [0, 0.05) is 18.8 Å². The molecule has 0 bridgehead atoms. The van der Waals surface area contributed by atoms with E-state index in [0.717, 1.165) is 22.8 Å². The fourth-order valence-electron chi connectivity index (χ4n) is 2.72. The molecule has 1 unspecified atom stereocenters. The summed E-state index contributed by atoms with van der Waals surface area (Å²) in [7, 11) is 2.06. The Bertz CT molecular complexity index is 615. The number of nitrogens with two attached hydrogens (primary N) is 1. The number of hydrogen-bond donors (Lipinski definition) is 1. The molecule has 2 nitrogen and oxygen atoms in total. The molecule has 0 fully saturated rings. The van der Waals surface area contributed by atoms with E-state index >= 15 is 0 Å². The normalized spacial score (nSPS) is 12.3. The van der Waals surface area contributed by atoms with Crippen molar-refractivity contribution in [2.45, 2.75) is 33.2 Å². The Morgan fingerprint density at radius 3 is 2.33 bits per heavy atom. The molecule has 2 aromatic carbocycles. The first-order chi connectivity index (χ1) is 9.88. The highest BCUT2D eigenvalue weighted by Crippen LogP contribution is 2.35. The van der Waals surface area contributed by atoms with Gasteiger partial charge in [-0.2, -0.15) is 0 Å². The van der Waals surface area contributed by atoms with Crippen molar-refractivity contribution in [2.24, 2.45) is 5.73 Å². The van der Waals surface area contributed by atoms with Crippen LogP contribution in [0.2, 0.25) is 5.02 Å². The number of aryl methyl sites for hydroxylation is 2. The third-order valence-corrected chi connectivity index (χ3v) is 3.85. The van der Waals surface area contributed by atoms with E-state index in [1.165, 1.54) is 16.7 Å². The average molecular weight is 303 g/mol. The third-order valence-electron chi connectivity index (χ3n) is 3.54. The van der Waals surface area contributed by atoms with Gasteiger partial charge in [0.25, 0.3) is 0 Å². The van der Waals surface area contributed by atoms with Gasteiger partial charge in [-0.3, -0.25) is 0 Å². The zero-order chi connectivity index (χ0) is 15.6. The van der Waals surface area contributed by atoms with Gasteiger partial charge in [-0.25, -0.2) is 0 Å². The fourth-order valence-corrected chi connectivity index (χ4v) is 3.04. The smallest absolute Gasteiger partial charge is 0.0645 e. The first kappa shape index (κ1) is 15.9. The highest BCUT2D eigenvalue weighted by molar-refractivity contribution is 6.33. The van der Waals surface area contributed by atoms with E-state index in [9.17, 15) is 0 Å². The Balaban J connectivity index is 2.49. The van der Waals surface area contributed by atoms with Crippen LogP contribution in [0.25, 0.3) is 0 Å². The Morgan fingerprint density at radius 1 is 1.14 bits per heavy atom. The average Bonchev–Trinajstić information content (AvgIpc) is 2.36. The third kappa shape index (κ3) is 3.78.